The van der Waals surface area contributed by atoms with Crippen molar-refractivity contribution in [1.82, 2.24) is 0 Å². The summed E-state index contributed by atoms with van der Waals surface area (Å²) < 4.78 is 2.62. The van der Waals surface area contributed by atoms with Gasteiger partial charge in [0.2, 0.25) is 0 Å². The molecule has 0 amide bonds. The SMILES string of the molecule is Cc1ccc(-c2cccc(N(c3ccc4c(c3)C3(c5ccccc5-c5ccccc53)c3ccc5ccccc5c3-4)c3ccc4sc5ccccc5c4c3)c2)cc1. The fourth-order valence-electron chi connectivity index (χ4n) is 9.91. The molecule has 1 nitrogen and oxygen atoms in total. The molecule has 0 radical (unpaired) electrons. The van der Waals surface area contributed by atoms with Crippen molar-refractivity contribution in [3.8, 4) is 33.4 Å². The summed E-state index contributed by atoms with van der Waals surface area (Å²) >= 11 is 1.87. The molecule has 9 aromatic carbocycles. The smallest absolute Gasteiger partial charge is 0.0726 e. The van der Waals surface area contributed by atoms with E-state index in [2.05, 4.69) is 206 Å². The molecule has 12 rings (SSSR count). The first-order valence-electron chi connectivity index (χ1n) is 19.4. The molecule has 2 heteroatoms. The molecule has 262 valence electrons. The van der Waals surface area contributed by atoms with Crippen LogP contribution < -0.4 is 4.90 Å². The van der Waals surface area contributed by atoms with Crippen molar-refractivity contribution >= 4 is 59.3 Å². The Morgan fingerprint density at radius 2 is 1.05 bits per heavy atom. The molecule has 0 N–H and O–H groups in total. The van der Waals surface area contributed by atoms with E-state index in [4.69, 9.17) is 0 Å². The largest absolute Gasteiger partial charge is 0.310 e. The maximum Gasteiger partial charge on any atom is 0.0726 e. The highest BCUT2D eigenvalue weighted by atomic mass is 32.1. The predicted molar refractivity (Wildman–Crippen MR) is 238 cm³/mol. The second-order valence-electron chi connectivity index (χ2n) is 15.3. The van der Waals surface area contributed by atoms with Gasteiger partial charge in [0.1, 0.15) is 0 Å². The lowest BCUT2D eigenvalue weighted by Crippen LogP contribution is -2.26. The summed E-state index contributed by atoms with van der Waals surface area (Å²) in [6.45, 7) is 2.15. The van der Waals surface area contributed by atoms with Gasteiger partial charge < -0.3 is 4.90 Å². The van der Waals surface area contributed by atoms with Crippen LogP contribution in [0, 0.1) is 6.92 Å². The van der Waals surface area contributed by atoms with Gasteiger partial charge in [0.25, 0.3) is 0 Å². The summed E-state index contributed by atoms with van der Waals surface area (Å²) in [6, 6.07) is 72.8. The lowest BCUT2D eigenvalue weighted by Gasteiger charge is -2.32. The Bertz CT molecular complexity index is 3180. The Labute approximate surface area is 330 Å². The van der Waals surface area contributed by atoms with Crippen LogP contribution in [0.25, 0.3) is 64.3 Å². The van der Waals surface area contributed by atoms with Gasteiger partial charge >= 0.3 is 0 Å². The number of anilines is 3. The zero-order valence-corrected chi connectivity index (χ0v) is 31.6. The Kier molecular flexibility index (Phi) is 6.70. The molecule has 56 heavy (non-hydrogen) atoms. The molecule has 1 spiro atoms. The van der Waals surface area contributed by atoms with Gasteiger partial charge in [0, 0.05) is 37.2 Å². The monoisotopic (exact) mass is 729 g/mol. The van der Waals surface area contributed by atoms with Gasteiger partial charge in [-0.15, -0.1) is 11.3 Å². The predicted octanol–water partition coefficient (Wildman–Crippen LogP) is 15.0. The van der Waals surface area contributed by atoms with Gasteiger partial charge in [-0.2, -0.15) is 0 Å². The Balaban J connectivity index is 1.15. The standard InChI is InChI=1S/C54H35NS/c1-34-21-23-35(24-22-34)37-12-10-13-38(31-37)55(39-27-30-52-46(32-39)44-17-6-9-20-51(44)56-52)40-26-28-45-50(33-40)54(49-29-25-36-11-2-3-14-41(36)53(45)49)47-18-7-4-15-42(47)43-16-5-8-19-48(43)54/h2-33H,1H3. The molecule has 0 aliphatic heterocycles. The van der Waals surface area contributed by atoms with Crippen molar-refractivity contribution < 1.29 is 0 Å². The highest BCUT2D eigenvalue weighted by Gasteiger charge is 2.52. The van der Waals surface area contributed by atoms with E-state index in [9.17, 15) is 0 Å². The zero-order chi connectivity index (χ0) is 37.0. The van der Waals surface area contributed by atoms with Gasteiger partial charge in [0.15, 0.2) is 0 Å². The van der Waals surface area contributed by atoms with Crippen LogP contribution in [0.15, 0.2) is 194 Å². The maximum atomic E-state index is 2.51. The molecule has 2 aliphatic rings. The minimum absolute atomic E-state index is 0.458. The van der Waals surface area contributed by atoms with Crippen molar-refractivity contribution in [2.24, 2.45) is 0 Å². The first kappa shape index (κ1) is 31.6. The molecule has 1 aromatic heterocycles. The van der Waals surface area contributed by atoms with Crippen molar-refractivity contribution in [3.63, 3.8) is 0 Å². The third kappa shape index (κ3) is 4.36. The molecule has 10 aromatic rings. The number of benzene rings is 9. The quantitative estimate of drug-likeness (QED) is 0.174. The summed E-state index contributed by atoms with van der Waals surface area (Å²) in [5, 5.41) is 5.16. The van der Waals surface area contributed by atoms with E-state index in [1.165, 1.54) is 92.1 Å². The summed E-state index contributed by atoms with van der Waals surface area (Å²) in [4.78, 5) is 2.48. The van der Waals surface area contributed by atoms with E-state index in [1.54, 1.807) is 0 Å². The number of nitrogens with zero attached hydrogens (tertiary/aromatic N) is 1. The van der Waals surface area contributed by atoms with Crippen LogP contribution in [-0.2, 0) is 5.41 Å². The number of fused-ring (bicyclic) bond motifs is 15. The number of thiophene rings is 1. The lowest BCUT2D eigenvalue weighted by atomic mass is 9.70. The fraction of sp³-hybridized carbons (Fsp3) is 0.0370. The van der Waals surface area contributed by atoms with E-state index in [1.807, 2.05) is 11.3 Å². The van der Waals surface area contributed by atoms with Crippen LogP contribution in [-0.4, -0.2) is 0 Å². The van der Waals surface area contributed by atoms with Crippen LogP contribution in [0.2, 0.25) is 0 Å². The van der Waals surface area contributed by atoms with Crippen molar-refractivity contribution in [3.05, 3.63) is 222 Å². The normalized spacial score (nSPS) is 13.2. The van der Waals surface area contributed by atoms with Gasteiger partial charge in [-0.3, -0.25) is 0 Å². The van der Waals surface area contributed by atoms with Crippen LogP contribution in [0.1, 0.15) is 27.8 Å². The minimum atomic E-state index is -0.458. The van der Waals surface area contributed by atoms with Crippen LogP contribution in [0.4, 0.5) is 17.1 Å². The topological polar surface area (TPSA) is 3.24 Å². The van der Waals surface area contributed by atoms with Gasteiger partial charge in [-0.05, 0) is 122 Å². The molecule has 0 bridgehead atoms. The molecule has 1 heterocycles. The number of aryl methyl sites for hydroxylation is 1. The molecular formula is C54H35NS. The van der Waals surface area contributed by atoms with Crippen molar-refractivity contribution in [2.75, 3.05) is 4.90 Å². The Hall–Kier alpha value is -6.74. The lowest BCUT2D eigenvalue weighted by molar-refractivity contribution is 0.794. The van der Waals surface area contributed by atoms with Gasteiger partial charge in [-0.25, -0.2) is 0 Å². The zero-order valence-electron chi connectivity index (χ0n) is 30.8. The van der Waals surface area contributed by atoms with E-state index in [0.29, 0.717) is 0 Å². The minimum Gasteiger partial charge on any atom is -0.310 e. The molecule has 0 unspecified atom stereocenters. The third-order valence-electron chi connectivity index (χ3n) is 12.3. The average molecular weight is 730 g/mol. The molecule has 0 saturated carbocycles. The van der Waals surface area contributed by atoms with Crippen molar-refractivity contribution in [1.29, 1.82) is 0 Å². The van der Waals surface area contributed by atoms with Gasteiger partial charge in [-0.1, -0.05) is 151 Å². The molecule has 0 saturated heterocycles. The maximum absolute atomic E-state index is 2.51. The van der Waals surface area contributed by atoms with Crippen LogP contribution in [0.3, 0.4) is 0 Å². The first-order chi connectivity index (χ1) is 27.7. The number of rotatable bonds is 4. The number of hydrogen-bond donors (Lipinski definition) is 0. The van der Waals surface area contributed by atoms with Crippen LogP contribution >= 0.6 is 11.3 Å². The second kappa shape index (κ2) is 11.9. The van der Waals surface area contributed by atoms with E-state index in [-0.39, 0.29) is 0 Å². The average Bonchev–Trinajstić information content (AvgIpc) is 3.88. The summed E-state index contributed by atoms with van der Waals surface area (Å²) in [7, 11) is 0. The van der Waals surface area contributed by atoms with E-state index < -0.39 is 5.41 Å². The Morgan fingerprint density at radius 3 is 1.88 bits per heavy atom. The summed E-state index contributed by atoms with van der Waals surface area (Å²) in [5.41, 5.74) is 17.3. The van der Waals surface area contributed by atoms with Gasteiger partial charge in [0.05, 0.1) is 5.41 Å². The van der Waals surface area contributed by atoms with Crippen molar-refractivity contribution in [2.45, 2.75) is 12.3 Å². The van der Waals surface area contributed by atoms with Crippen LogP contribution in [0.5, 0.6) is 0 Å². The van der Waals surface area contributed by atoms with E-state index in [0.717, 1.165) is 17.1 Å². The molecule has 0 atom stereocenters. The summed E-state index contributed by atoms with van der Waals surface area (Å²) in [5.74, 6) is 0. The Morgan fingerprint density at radius 1 is 0.393 bits per heavy atom. The summed E-state index contributed by atoms with van der Waals surface area (Å²) in [6.07, 6.45) is 0. The second-order valence-corrected chi connectivity index (χ2v) is 16.4. The molecule has 2 aliphatic carbocycles. The highest BCUT2D eigenvalue weighted by molar-refractivity contribution is 7.25. The van der Waals surface area contributed by atoms with E-state index >= 15 is 0 Å². The fourth-order valence-corrected chi connectivity index (χ4v) is 11.0. The number of hydrogen-bond acceptors (Lipinski definition) is 2. The highest BCUT2D eigenvalue weighted by Crippen LogP contribution is 2.64. The third-order valence-corrected chi connectivity index (χ3v) is 13.5. The molecule has 0 fully saturated rings. The molecular weight excluding hydrogens is 695 g/mol. The first-order valence-corrected chi connectivity index (χ1v) is 20.2.